The highest BCUT2D eigenvalue weighted by Gasteiger charge is 2.03. The average Bonchev–Trinajstić information content (AvgIpc) is 2.70. The van der Waals surface area contributed by atoms with Gasteiger partial charge >= 0.3 is 0 Å². The smallest absolute Gasteiger partial charge is 0.0709 e. The molecule has 1 aromatic heterocycles. The fourth-order valence-electron chi connectivity index (χ4n) is 1.28. The molecule has 0 fully saturated rings. The first kappa shape index (κ1) is 9.36. The van der Waals surface area contributed by atoms with Gasteiger partial charge in [0.2, 0.25) is 0 Å². The van der Waals surface area contributed by atoms with Crippen molar-refractivity contribution in [3.63, 3.8) is 0 Å². The van der Waals surface area contributed by atoms with E-state index >= 15 is 0 Å². The highest BCUT2D eigenvalue weighted by atomic mass is 79.9. The number of rotatable bonds is 2. The van der Waals surface area contributed by atoms with Gasteiger partial charge in [0.1, 0.15) is 0 Å². The summed E-state index contributed by atoms with van der Waals surface area (Å²) in [5.74, 6) is 0. The van der Waals surface area contributed by atoms with E-state index in [0.29, 0.717) is 6.54 Å². The number of hydrogen-bond donors (Lipinski definition) is 1. The quantitative estimate of drug-likeness (QED) is 0.882. The summed E-state index contributed by atoms with van der Waals surface area (Å²) in [4.78, 5) is 0. The molecule has 72 valence electrons. The highest BCUT2D eigenvalue weighted by Crippen LogP contribution is 2.18. The van der Waals surface area contributed by atoms with Crippen molar-refractivity contribution in [3.05, 3.63) is 40.6 Å². The number of aromatic nitrogens is 3. The zero-order valence-electron chi connectivity index (χ0n) is 7.39. The van der Waals surface area contributed by atoms with E-state index in [1.54, 1.807) is 17.1 Å². The fourth-order valence-corrected chi connectivity index (χ4v) is 1.69. The van der Waals surface area contributed by atoms with Crippen LogP contribution >= 0.6 is 15.9 Å². The van der Waals surface area contributed by atoms with Crippen LogP contribution in [0.3, 0.4) is 0 Å². The van der Waals surface area contributed by atoms with E-state index < -0.39 is 0 Å². The molecule has 0 saturated carbocycles. The van der Waals surface area contributed by atoms with Crippen LogP contribution in [0.25, 0.3) is 5.69 Å². The fraction of sp³-hybridized carbons (Fsp3) is 0.111. The summed E-state index contributed by atoms with van der Waals surface area (Å²) in [5.41, 5.74) is 7.64. The molecule has 0 amide bonds. The van der Waals surface area contributed by atoms with Crippen molar-refractivity contribution in [2.75, 3.05) is 0 Å². The molecule has 0 radical (unpaired) electrons. The Morgan fingerprint density at radius 1 is 1.43 bits per heavy atom. The lowest BCUT2D eigenvalue weighted by Crippen LogP contribution is -2.05. The van der Waals surface area contributed by atoms with E-state index in [-0.39, 0.29) is 0 Å². The molecule has 1 aromatic carbocycles. The van der Waals surface area contributed by atoms with Crippen LogP contribution in [0.4, 0.5) is 0 Å². The normalized spacial score (nSPS) is 10.4. The SMILES string of the molecule is NCc1cc(Br)ccc1-n1ccnn1. The van der Waals surface area contributed by atoms with Gasteiger partial charge in [-0.05, 0) is 23.8 Å². The molecule has 2 rings (SSSR count). The van der Waals surface area contributed by atoms with E-state index in [0.717, 1.165) is 15.7 Å². The van der Waals surface area contributed by atoms with Gasteiger partial charge in [-0.2, -0.15) is 0 Å². The Balaban J connectivity index is 2.53. The van der Waals surface area contributed by atoms with Gasteiger partial charge in [0.05, 0.1) is 18.1 Å². The van der Waals surface area contributed by atoms with Crippen LogP contribution in [0.1, 0.15) is 5.56 Å². The summed E-state index contributed by atoms with van der Waals surface area (Å²) in [7, 11) is 0. The second-order valence-electron chi connectivity index (χ2n) is 2.82. The Morgan fingerprint density at radius 2 is 2.29 bits per heavy atom. The molecule has 0 spiro atoms. The third kappa shape index (κ3) is 1.69. The van der Waals surface area contributed by atoms with Gasteiger partial charge in [0, 0.05) is 11.0 Å². The van der Waals surface area contributed by atoms with Crippen molar-refractivity contribution in [1.29, 1.82) is 0 Å². The van der Waals surface area contributed by atoms with E-state index in [4.69, 9.17) is 5.73 Å². The maximum Gasteiger partial charge on any atom is 0.0709 e. The number of nitrogens with two attached hydrogens (primary N) is 1. The van der Waals surface area contributed by atoms with Gasteiger partial charge in [0.25, 0.3) is 0 Å². The monoisotopic (exact) mass is 252 g/mol. The van der Waals surface area contributed by atoms with Crippen molar-refractivity contribution >= 4 is 15.9 Å². The summed E-state index contributed by atoms with van der Waals surface area (Å²) in [6.07, 6.45) is 3.44. The minimum absolute atomic E-state index is 0.481. The molecular weight excluding hydrogens is 244 g/mol. The van der Waals surface area contributed by atoms with E-state index in [9.17, 15) is 0 Å². The van der Waals surface area contributed by atoms with Crippen LogP contribution in [0, 0.1) is 0 Å². The molecule has 0 bridgehead atoms. The molecule has 0 saturated heterocycles. The lowest BCUT2D eigenvalue weighted by atomic mass is 10.2. The first-order valence-electron chi connectivity index (χ1n) is 4.16. The Labute approximate surface area is 89.9 Å². The Kier molecular flexibility index (Phi) is 2.60. The predicted octanol–water partition coefficient (Wildman–Crippen LogP) is 1.49. The van der Waals surface area contributed by atoms with Crippen molar-refractivity contribution in [2.24, 2.45) is 5.73 Å². The zero-order valence-corrected chi connectivity index (χ0v) is 8.98. The number of benzene rings is 1. The van der Waals surface area contributed by atoms with Crippen LogP contribution in [0.5, 0.6) is 0 Å². The Bertz CT molecular complexity index is 424. The van der Waals surface area contributed by atoms with E-state index in [2.05, 4.69) is 26.2 Å². The summed E-state index contributed by atoms with van der Waals surface area (Å²) in [6.45, 7) is 0.481. The zero-order chi connectivity index (χ0) is 9.97. The Morgan fingerprint density at radius 3 is 2.93 bits per heavy atom. The summed E-state index contributed by atoms with van der Waals surface area (Å²) >= 11 is 3.40. The second kappa shape index (κ2) is 3.89. The molecule has 5 heteroatoms. The highest BCUT2D eigenvalue weighted by molar-refractivity contribution is 9.10. The average molecular weight is 253 g/mol. The second-order valence-corrected chi connectivity index (χ2v) is 3.74. The topological polar surface area (TPSA) is 56.7 Å². The molecule has 4 nitrogen and oxygen atoms in total. The van der Waals surface area contributed by atoms with Gasteiger partial charge in [-0.25, -0.2) is 4.68 Å². The van der Waals surface area contributed by atoms with Gasteiger partial charge in [-0.1, -0.05) is 21.1 Å². The largest absolute Gasteiger partial charge is 0.326 e. The van der Waals surface area contributed by atoms with Crippen molar-refractivity contribution < 1.29 is 0 Å². The van der Waals surface area contributed by atoms with E-state index in [1.165, 1.54) is 0 Å². The summed E-state index contributed by atoms with van der Waals surface area (Å²) < 4.78 is 2.72. The summed E-state index contributed by atoms with van der Waals surface area (Å²) in [5, 5.41) is 7.68. The molecule has 1 heterocycles. The maximum absolute atomic E-state index is 5.64. The molecule has 0 unspecified atom stereocenters. The number of halogens is 1. The van der Waals surface area contributed by atoms with Crippen LogP contribution < -0.4 is 5.73 Å². The predicted molar refractivity (Wildman–Crippen MR) is 57.0 cm³/mol. The lowest BCUT2D eigenvalue weighted by Gasteiger charge is -2.06. The van der Waals surface area contributed by atoms with Crippen LogP contribution in [0.15, 0.2) is 35.1 Å². The molecule has 0 atom stereocenters. The third-order valence-electron chi connectivity index (χ3n) is 1.93. The van der Waals surface area contributed by atoms with Gasteiger partial charge < -0.3 is 5.73 Å². The molecule has 0 aliphatic rings. The van der Waals surface area contributed by atoms with Crippen LogP contribution in [0.2, 0.25) is 0 Å². The van der Waals surface area contributed by atoms with Crippen LogP contribution in [-0.2, 0) is 6.54 Å². The molecule has 14 heavy (non-hydrogen) atoms. The molecule has 0 aliphatic heterocycles. The third-order valence-corrected chi connectivity index (χ3v) is 2.42. The van der Waals surface area contributed by atoms with Gasteiger partial charge in [-0.15, -0.1) is 5.10 Å². The van der Waals surface area contributed by atoms with Crippen molar-refractivity contribution in [1.82, 2.24) is 15.0 Å². The van der Waals surface area contributed by atoms with Gasteiger partial charge in [-0.3, -0.25) is 0 Å². The molecule has 0 aliphatic carbocycles. The number of hydrogen-bond acceptors (Lipinski definition) is 3. The van der Waals surface area contributed by atoms with Crippen LogP contribution in [-0.4, -0.2) is 15.0 Å². The first-order valence-corrected chi connectivity index (χ1v) is 4.96. The minimum atomic E-state index is 0.481. The van der Waals surface area contributed by atoms with E-state index in [1.807, 2.05) is 18.2 Å². The molecular formula is C9H9BrN4. The van der Waals surface area contributed by atoms with Gasteiger partial charge in [0.15, 0.2) is 0 Å². The number of nitrogens with zero attached hydrogens (tertiary/aromatic N) is 3. The Hall–Kier alpha value is -1.20. The lowest BCUT2D eigenvalue weighted by molar-refractivity contribution is 0.791. The maximum atomic E-state index is 5.64. The standard InChI is InChI=1S/C9H9BrN4/c10-8-1-2-9(7(5-8)6-11)14-4-3-12-13-14/h1-5H,6,11H2. The molecule has 2 N–H and O–H groups in total. The summed E-state index contributed by atoms with van der Waals surface area (Å²) in [6, 6.07) is 5.90. The first-order chi connectivity index (χ1) is 6.81. The van der Waals surface area contributed by atoms with Crippen molar-refractivity contribution in [3.8, 4) is 5.69 Å². The molecule has 2 aromatic rings. The van der Waals surface area contributed by atoms with Crippen molar-refractivity contribution in [2.45, 2.75) is 6.54 Å². The minimum Gasteiger partial charge on any atom is -0.326 e.